The van der Waals surface area contributed by atoms with Crippen LogP contribution in [0, 0.1) is 5.41 Å². The average molecular weight is 155 g/mol. The van der Waals surface area contributed by atoms with Gasteiger partial charge in [-0.1, -0.05) is 39.3 Å². The van der Waals surface area contributed by atoms with Crippen molar-refractivity contribution in [3.63, 3.8) is 0 Å². The smallest absolute Gasteiger partial charge is 0.0253 e. The minimum Gasteiger partial charge on any atom is -0.324 e. The first-order valence-electron chi connectivity index (χ1n) is 4.30. The van der Waals surface area contributed by atoms with Gasteiger partial charge in [-0.3, -0.25) is 0 Å². The van der Waals surface area contributed by atoms with Gasteiger partial charge in [-0.2, -0.15) is 0 Å². The Labute approximate surface area is 70.7 Å². The van der Waals surface area contributed by atoms with Crippen molar-refractivity contribution >= 4 is 0 Å². The molecule has 0 aromatic rings. The van der Waals surface area contributed by atoms with E-state index in [-0.39, 0.29) is 6.04 Å². The predicted octanol–water partition coefficient (Wildman–Crippen LogP) is 2.72. The first-order chi connectivity index (χ1) is 4.89. The van der Waals surface area contributed by atoms with Gasteiger partial charge in [-0.05, 0) is 18.8 Å². The standard InChI is InChI=1S/C10H21N/c1-6-10(4,5)7-9(11)8(2)3/h9H,2,6-7,11H2,1,3-5H3. The molecule has 0 rings (SSSR count). The predicted molar refractivity (Wildman–Crippen MR) is 51.5 cm³/mol. The molecule has 0 fully saturated rings. The minimum atomic E-state index is 0.171. The van der Waals surface area contributed by atoms with Crippen LogP contribution in [0.2, 0.25) is 0 Å². The highest BCUT2D eigenvalue weighted by Crippen LogP contribution is 2.26. The van der Waals surface area contributed by atoms with Gasteiger partial charge in [0.1, 0.15) is 0 Å². The Morgan fingerprint density at radius 1 is 1.55 bits per heavy atom. The maximum Gasteiger partial charge on any atom is 0.0253 e. The molecule has 1 heteroatoms. The molecule has 1 nitrogen and oxygen atoms in total. The molecule has 66 valence electrons. The fourth-order valence-electron chi connectivity index (χ4n) is 0.914. The van der Waals surface area contributed by atoms with Crippen LogP contribution >= 0.6 is 0 Å². The summed E-state index contributed by atoms with van der Waals surface area (Å²) < 4.78 is 0. The number of rotatable bonds is 4. The zero-order valence-electron chi connectivity index (χ0n) is 8.28. The number of hydrogen-bond acceptors (Lipinski definition) is 1. The highest BCUT2D eigenvalue weighted by molar-refractivity contribution is 5.01. The summed E-state index contributed by atoms with van der Waals surface area (Å²) in [4.78, 5) is 0. The number of hydrogen-bond donors (Lipinski definition) is 1. The largest absolute Gasteiger partial charge is 0.324 e. The molecule has 2 N–H and O–H groups in total. The van der Waals surface area contributed by atoms with Gasteiger partial charge in [0.15, 0.2) is 0 Å². The molecule has 0 aliphatic rings. The molecule has 0 amide bonds. The third-order valence-electron chi connectivity index (χ3n) is 2.36. The van der Waals surface area contributed by atoms with Gasteiger partial charge in [0, 0.05) is 6.04 Å². The van der Waals surface area contributed by atoms with Crippen molar-refractivity contribution in [2.45, 2.75) is 46.6 Å². The maximum absolute atomic E-state index is 5.88. The first-order valence-corrected chi connectivity index (χ1v) is 4.30. The molecule has 0 heterocycles. The Morgan fingerprint density at radius 2 is 2.00 bits per heavy atom. The Bertz CT molecular complexity index is 136. The highest BCUT2D eigenvalue weighted by atomic mass is 14.6. The van der Waals surface area contributed by atoms with E-state index in [1.165, 1.54) is 6.42 Å². The van der Waals surface area contributed by atoms with Crippen molar-refractivity contribution < 1.29 is 0 Å². The molecule has 1 atom stereocenters. The summed E-state index contributed by atoms with van der Waals surface area (Å²) in [5.41, 5.74) is 7.33. The van der Waals surface area contributed by atoms with Gasteiger partial charge in [0.25, 0.3) is 0 Å². The lowest BCUT2D eigenvalue weighted by Gasteiger charge is -2.26. The van der Waals surface area contributed by atoms with E-state index in [0.29, 0.717) is 5.41 Å². The summed E-state index contributed by atoms with van der Waals surface area (Å²) in [6.07, 6.45) is 2.22. The van der Waals surface area contributed by atoms with Crippen LogP contribution in [0.4, 0.5) is 0 Å². The SMILES string of the molecule is C=C(C)C(N)CC(C)(C)CC. The van der Waals surface area contributed by atoms with Crippen LogP contribution in [0.5, 0.6) is 0 Å². The van der Waals surface area contributed by atoms with Crippen LogP contribution in [0.25, 0.3) is 0 Å². The summed E-state index contributed by atoms with van der Waals surface area (Å²) in [5.74, 6) is 0. The average Bonchev–Trinajstić information content (AvgIpc) is 1.87. The molecule has 11 heavy (non-hydrogen) atoms. The quantitative estimate of drug-likeness (QED) is 0.621. The van der Waals surface area contributed by atoms with Gasteiger partial charge >= 0.3 is 0 Å². The molecular formula is C10H21N. The van der Waals surface area contributed by atoms with Crippen molar-refractivity contribution in [3.05, 3.63) is 12.2 Å². The topological polar surface area (TPSA) is 26.0 Å². The fourth-order valence-corrected chi connectivity index (χ4v) is 0.914. The summed E-state index contributed by atoms with van der Waals surface area (Å²) in [6.45, 7) is 12.5. The van der Waals surface area contributed by atoms with Crippen LogP contribution in [-0.2, 0) is 0 Å². The Balaban J connectivity index is 3.93. The van der Waals surface area contributed by atoms with E-state index in [1.54, 1.807) is 0 Å². The molecule has 0 aromatic heterocycles. The second-order valence-electron chi connectivity index (χ2n) is 4.17. The highest BCUT2D eigenvalue weighted by Gasteiger charge is 2.18. The molecular weight excluding hydrogens is 134 g/mol. The van der Waals surface area contributed by atoms with Gasteiger partial charge < -0.3 is 5.73 Å². The lowest BCUT2D eigenvalue weighted by molar-refractivity contribution is 0.305. The van der Waals surface area contributed by atoms with Gasteiger partial charge in [-0.25, -0.2) is 0 Å². The van der Waals surface area contributed by atoms with Crippen molar-refractivity contribution in [2.24, 2.45) is 11.1 Å². The van der Waals surface area contributed by atoms with Gasteiger partial charge in [0.05, 0.1) is 0 Å². The zero-order valence-corrected chi connectivity index (χ0v) is 8.28. The van der Waals surface area contributed by atoms with Crippen molar-refractivity contribution in [3.8, 4) is 0 Å². The summed E-state index contributed by atoms with van der Waals surface area (Å²) >= 11 is 0. The van der Waals surface area contributed by atoms with Crippen LogP contribution < -0.4 is 5.73 Å². The molecule has 0 aromatic carbocycles. The summed E-state index contributed by atoms with van der Waals surface area (Å²) in [7, 11) is 0. The number of nitrogens with two attached hydrogens (primary N) is 1. The van der Waals surface area contributed by atoms with Crippen LogP contribution in [0.1, 0.15) is 40.5 Å². The zero-order chi connectivity index (χ0) is 9.07. The molecule has 0 bridgehead atoms. The Hall–Kier alpha value is -0.300. The normalized spacial score (nSPS) is 14.6. The van der Waals surface area contributed by atoms with Crippen molar-refractivity contribution in [1.82, 2.24) is 0 Å². The lowest BCUT2D eigenvalue weighted by Crippen LogP contribution is -2.28. The monoisotopic (exact) mass is 155 g/mol. The van der Waals surface area contributed by atoms with E-state index in [0.717, 1.165) is 12.0 Å². The Kier molecular flexibility index (Phi) is 3.81. The van der Waals surface area contributed by atoms with Crippen LogP contribution in [0.15, 0.2) is 12.2 Å². The molecule has 0 aliphatic carbocycles. The van der Waals surface area contributed by atoms with E-state index in [9.17, 15) is 0 Å². The second-order valence-corrected chi connectivity index (χ2v) is 4.17. The summed E-state index contributed by atoms with van der Waals surface area (Å²) in [6, 6.07) is 0.171. The van der Waals surface area contributed by atoms with Crippen LogP contribution in [-0.4, -0.2) is 6.04 Å². The van der Waals surface area contributed by atoms with E-state index in [2.05, 4.69) is 27.4 Å². The van der Waals surface area contributed by atoms with E-state index in [4.69, 9.17) is 5.73 Å². The second kappa shape index (κ2) is 3.91. The molecule has 0 aliphatic heterocycles. The maximum atomic E-state index is 5.88. The van der Waals surface area contributed by atoms with E-state index >= 15 is 0 Å². The summed E-state index contributed by atoms with van der Waals surface area (Å²) in [5, 5.41) is 0. The van der Waals surface area contributed by atoms with Gasteiger partial charge in [0.2, 0.25) is 0 Å². The molecule has 0 radical (unpaired) electrons. The molecule has 1 unspecified atom stereocenters. The Morgan fingerprint density at radius 3 is 2.27 bits per heavy atom. The molecule has 0 saturated heterocycles. The first kappa shape index (κ1) is 10.7. The fraction of sp³-hybridized carbons (Fsp3) is 0.800. The molecule has 0 spiro atoms. The van der Waals surface area contributed by atoms with Crippen molar-refractivity contribution in [1.29, 1.82) is 0 Å². The van der Waals surface area contributed by atoms with Gasteiger partial charge in [-0.15, -0.1) is 0 Å². The van der Waals surface area contributed by atoms with E-state index < -0.39 is 0 Å². The van der Waals surface area contributed by atoms with E-state index in [1.807, 2.05) is 6.92 Å². The van der Waals surface area contributed by atoms with Crippen LogP contribution in [0.3, 0.4) is 0 Å². The molecule has 0 saturated carbocycles. The third kappa shape index (κ3) is 4.20. The van der Waals surface area contributed by atoms with Crippen molar-refractivity contribution in [2.75, 3.05) is 0 Å². The third-order valence-corrected chi connectivity index (χ3v) is 2.36. The minimum absolute atomic E-state index is 0.171. The lowest BCUT2D eigenvalue weighted by atomic mass is 9.82.